The van der Waals surface area contributed by atoms with Gasteiger partial charge in [0.2, 0.25) is 0 Å². The van der Waals surface area contributed by atoms with Gasteiger partial charge in [0.05, 0.1) is 18.2 Å². The largest absolute Gasteiger partial charge is 0.493 e. The van der Waals surface area contributed by atoms with E-state index in [1.54, 1.807) is 0 Å². The molecule has 0 aliphatic carbocycles. The molecule has 0 radical (unpaired) electrons. The number of benzene rings is 2. The lowest BCUT2D eigenvalue weighted by molar-refractivity contribution is 0.0924. The zero-order valence-corrected chi connectivity index (χ0v) is 14.6. The summed E-state index contributed by atoms with van der Waals surface area (Å²) in [6.07, 6.45) is 5.12. The Morgan fingerprint density at radius 2 is 1.81 bits per heavy atom. The number of rotatable bonds is 3. The number of amides is 1. The number of halogens is 1. The SMILES string of the molecule is O=C(NC1CCOc2ccc(-c3ccc(Cl)cc3)cc21)c1cncnc1. The Hall–Kier alpha value is -2.92. The molecule has 5 nitrogen and oxygen atoms in total. The van der Waals surface area contributed by atoms with E-state index in [-0.39, 0.29) is 11.9 Å². The number of fused-ring (bicyclic) bond motifs is 1. The van der Waals surface area contributed by atoms with Crippen LogP contribution in [0.15, 0.2) is 61.2 Å². The lowest BCUT2D eigenvalue weighted by atomic mass is 9.95. The summed E-state index contributed by atoms with van der Waals surface area (Å²) in [6.45, 7) is 0.559. The highest BCUT2D eigenvalue weighted by molar-refractivity contribution is 6.30. The fourth-order valence-corrected chi connectivity index (χ4v) is 3.15. The Kier molecular flexibility index (Phi) is 4.54. The van der Waals surface area contributed by atoms with Crippen LogP contribution in [0.25, 0.3) is 11.1 Å². The van der Waals surface area contributed by atoms with Gasteiger partial charge in [-0.2, -0.15) is 0 Å². The van der Waals surface area contributed by atoms with Gasteiger partial charge in [0.25, 0.3) is 5.91 Å². The van der Waals surface area contributed by atoms with Crippen LogP contribution in [-0.4, -0.2) is 22.5 Å². The molecule has 4 rings (SSSR count). The molecule has 2 heterocycles. The first-order valence-electron chi connectivity index (χ1n) is 8.29. The van der Waals surface area contributed by atoms with E-state index < -0.39 is 0 Å². The van der Waals surface area contributed by atoms with Crippen LogP contribution in [0.5, 0.6) is 5.75 Å². The van der Waals surface area contributed by atoms with Crippen LogP contribution in [0.4, 0.5) is 0 Å². The van der Waals surface area contributed by atoms with E-state index in [9.17, 15) is 4.79 Å². The minimum Gasteiger partial charge on any atom is -0.493 e. The fraction of sp³-hybridized carbons (Fsp3) is 0.150. The highest BCUT2D eigenvalue weighted by Gasteiger charge is 2.24. The van der Waals surface area contributed by atoms with E-state index in [0.29, 0.717) is 23.6 Å². The smallest absolute Gasteiger partial charge is 0.254 e. The van der Waals surface area contributed by atoms with Gasteiger partial charge in [-0.15, -0.1) is 0 Å². The normalized spacial score (nSPS) is 15.7. The van der Waals surface area contributed by atoms with Crippen LogP contribution in [0.3, 0.4) is 0 Å². The van der Waals surface area contributed by atoms with Crippen LogP contribution in [0.2, 0.25) is 5.02 Å². The van der Waals surface area contributed by atoms with E-state index >= 15 is 0 Å². The maximum absolute atomic E-state index is 12.5. The summed E-state index contributed by atoms with van der Waals surface area (Å²) in [6, 6.07) is 13.6. The quantitative estimate of drug-likeness (QED) is 0.760. The van der Waals surface area contributed by atoms with Gasteiger partial charge in [-0.25, -0.2) is 9.97 Å². The molecule has 1 unspecified atom stereocenters. The van der Waals surface area contributed by atoms with E-state index in [4.69, 9.17) is 16.3 Å². The first-order chi connectivity index (χ1) is 12.7. The summed E-state index contributed by atoms with van der Waals surface area (Å²) in [5.41, 5.74) is 3.51. The van der Waals surface area contributed by atoms with Crippen LogP contribution in [-0.2, 0) is 0 Å². The zero-order valence-electron chi connectivity index (χ0n) is 13.9. The van der Waals surface area contributed by atoms with Crippen LogP contribution < -0.4 is 10.1 Å². The van der Waals surface area contributed by atoms with Crippen LogP contribution in [0.1, 0.15) is 28.4 Å². The van der Waals surface area contributed by atoms with Gasteiger partial charge in [-0.1, -0.05) is 29.8 Å². The molecule has 0 bridgehead atoms. The van der Waals surface area contributed by atoms with Gasteiger partial charge in [0, 0.05) is 29.4 Å². The van der Waals surface area contributed by atoms with Crippen molar-refractivity contribution in [2.45, 2.75) is 12.5 Å². The highest BCUT2D eigenvalue weighted by Crippen LogP contribution is 2.35. The topological polar surface area (TPSA) is 64.1 Å². The van der Waals surface area contributed by atoms with E-state index in [1.807, 2.05) is 36.4 Å². The molecule has 130 valence electrons. The Morgan fingerprint density at radius 3 is 2.58 bits per heavy atom. The molecule has 2 aromatic carbocycles. The highest BCUT2D eigenvalue weighted by atomic mass is 35.5. The van der Waals surface area contributed by atoms with Gasteiger partial charge < -0.3 is 10.1 Å². The standard InChI is InChI=1S/C20H16ClN3O2/c21-16-4-1-13(2-5-16)14-3-6-19-17(9-14)18(7-8-26-19)24-20(25)15-10-22-12-23-11-15/h1-6,9-12,18H,7-8H2,(H,24,25). The van der Waals surface area contributed by atoms with Crippen molar-refractivity contribution in [3.63, 3.8) is 0 Å². The number of carbonyl (C=O) groups is 1. The summed E-state index contributed by atoms with van der Waals surface area (Å²) in [4.78, 5) is 20.3. The summed E-state index contributed by atoms with van der Waals surface area (Å²) in [5.74, 6) is 0.601. The first-order valence-corrected chi connectivity index (χ1v) is 8.67. The first kappa shape index (κ1) is 16.5. The Morgan fingerprint density at radius 1 is 1.08 bits per heavy atom. The third kappa shape index (κ3) is 3.39. The van der Waals surface area contributed by atoms with Crippen LogP contribution in [0, 0.1) is 0 Å². The lowest BCUT2D eigenvalue weighted by Crippen LogP contribution is -2.32. The van der Waals surface area contributed by atoms with E-state index in [1.165, 1.54) is 18.7 Å². The summed E-state index contributed by atoms with van der Waals surface area (Å²) in [5, 5.41) is 3.76. The van der Waals surface area contributed by atoms with E-state index in [0.717, 1.165) is 22.4 Å². The second kappa shape index (κ2) is 7.14. The molecule has 26 heavy (non-hydrogen) atoms. The molecule has 0 fully saturated rings. The maximum Gasteiger partial charge on any atom is 0.254 e. The molecule has 0 saturated carbocycles. The predicted molar refractivity (Wildman–Crippen MR) is 99.2 cm³/mol. The van der Waals surface area contributed by atoms with Crippen molar-refractivity contribution >= 4 is 17.5 Å². The third-order valence-electron chi connectivity index (χ3n) is 4.35. The lowest BCUT2D eigenvalue weighted by Gasteiger charge is -2.27. The molecule has 1 atom stereocenters. The average Bonchev–Trinajstić information content (AvgIpc) is 2.69. The van der Waals surface area contributed by atoms with Crippen molar-refractivity contribution in [2.75, 3.05) is 6.61 Å². The number of hydrogen-bond acceptors (Lipinski definition) is 4. The summed E-state index contributed by atoms with van der Waals surface area (Å²) >= 11 is 5.98. The molecular weight excluding hydrogens is 350 g/mol. The minimum absolute atomic E-state index is 0.126. The Labute approximate surface area is 156 Å². The molecular formula is C20H16ClN3O2. The summed E-state index contributed by atoms with van der Waals surface area (Å²) < 4.78 is 5.75. The van der Waals surface area contributed by atoms with Gasteiger partial charge in [0.15, 0.2) is 0 Å². The molecule has 1 aliphatic rings. The number of hydrogen-bond donors (Lipinski definition) is 1. The number of carbonyl (C=O) groups excluding carboxylic acids is 1. The van der Waals surface area contributed by atoms with Crippen LogP contribution >= 0.6 is 11.6 Å². The number of ether oxygens (including phenoxy) is 1. The van der Waals surface area contributed by atoms with Crippen molar-refractivity contribution in [1.82, 2.24) is 15.3 Å². The molecule has 3 aromatic rings. The van der Waals surface area contributed by atoms with Crippen molar-refractivity contribution in [3.05, 3.63) is 77.3 Å². The number of aromatic nitrogens is 2. The number of nitrogens with one attached hydrogen (secondary N) is 1. The minimum atomic E-state index is -0.194. The third-order valence-corrected chi connectivity index (χ3v) is 4.61. The molecule has 6 heteroatoms. The Balaban J connectivity index is 1.63. The predicted octanol–water partition coefficient (Wildman–Crippen LogP) is 4.05. The van der Waals surface area contributed by atoms with Crippen molar-refractivity contribution < 1.29 is 9.53 Å². The van der Waals surface area contributed by atoms with Gasteiger partial charge in [-0.05, 0) is 35.4 Å². The second-order valence-corrected chi connectivity index (χ2v) is 6.49. The fourth-order valence-electron chi connectivity index (χ4n) is 3.02. The van der Waals surface area contributed by atoms with Crippen molar-refractivity contribution in [2.24, 2.45) is 0 Å². The monoisotopic (exact) mass is 365 g/mol. The molecule has 1 aromatic heterocycles. The molecule has 1 amide bonds. The zero-order chi connectivity index (χ0) is 17.9. The molecule has 0 saturated heterocycles. The average molecular weight is 366 g/mol. The van der Waals surface area contributed by atoms with Gasteiger partial charge >= 0.3 is 0 Å². The molecule has 0 spiro atoms. The molecule has 1 N–H and O–H groups in total. The molecule has 1 aliphatic heterocycles. The summed E-state index contributed by atoms with van der Waals surface area (Å²) in [7, 11) is 0. The van der Waals surface area contributed by atoms with Gasteiger partial charge in [0.1, 0.15) is 12.1 Å². The van der Waals surface area contributed by atoms with Crippen molar-refractivity contribution in [1.29, 1.82) is 0 Å². The Bertz CT molecular complexity index is 930. The van der Waals surface area contributed by atoms with Crippen molar-refractivity contribution in [3.8, 4) is 16.9 Å². The number of nitrogens with zero attached hydrogens (tertiary/aromatic N) is 2. The maximum atomic E-state index is 12.5. The van der Waals surface area contributed by atoms with E-state index in [2.05, 4.69) is 21.4 Å². The van der Waals surface area contributed by atoms with Gasteiger partial charge in [-0.3, -0.25) is 4.79 Å². The second-order valence-electron chi connectivity index (χ2n) is 6.05.